The summed E-state index contributed by atoms with van der Waals surface area (Å²) in [5, 5.41) is 14.4. The molecule has 1 aromatic rings. The SMILES string of the molecule is CC(C)C[C@H](NC(=O)O)C(=O)N[C@@H]1CC[C@H]2CN(Cc3cccc(C(F)(F)F)c3)C[C@H]21. The summed E-state index contributed by atoms with van der Waals surface area (Å²) in [6.45, 7) is 5.79. The van der Waals surface area contributed by atoms with Gasteiger partial charge in [-0.1, -0.05) is 32.0 Å². The van der Waals surface area contributed by atoms with Gasteiger partial charge in [-0.3, -0.25) is 9.69 Å². The lowest BCUT2D eigenvalue weighted by molar-refractivity contribution is -0.137. The van der Waals surface area contributed by atoms with Crippen LogP contribution in [0.15, 0.2) is 24.3 Å². The number of hydrogen-bond acceptors (Lipinski definition) is 3. The van der Waals surface area contributed by atoms with Crippen molar-refractivity contribution in [1.82, 2.24) is 15.5 Å². The molecule has 1 heterocycles. The highest BCUT2D eigenvalue weighted by Crippen LogP contribution is 2.39. The number of nitrogens with one attached hydrogen (secondary N) is 2. The Bertz CT molecular complexity index is 800. The van der Waals surface area contributed by atoms with E-state index >= 15 is 0 Å². The highest BCUT2D eigenvalue weighted by Gasteiger charge is 2.43. The minimum Gasteiger partial charge on any atom is -0.465 e. The van der Waals surface area contributed by atoms with Gasteiger partial charge in [0.1, 0.15) is 6.04 Å². The van der Waals surface area contributed by atoms with Crippen molar-refractivity contribution in [2.75, 3.05) is 13.1 Å². The molecule has 0 radical (unpaired) electrons. The molecule has 2 fully saturated rings. The predicted octanol–water partition coefficient (Wildman–Crippen LogP) is 3.71. The molecular weight excluding hydrogens is 411 g/mol. The molecule has 0 spiro atoms. The number of rotatable bonds is 7. The highest BCUT2D eigenvalue weighted by atomic mass is 19.4. The first kappa shape index (κ1) is 23.4. The van der Waals surface area contributed by atoms with E-state index in [2.05, 4.69) is 15.5 Å². The monoisotopic (exact) mass is 441 g/mol. The average Bonchev–Trinajstić information content (AvgIpc) is 3.21. The molecule has 9 heteroatoms. The van der Waals surface area contributed by atoms with E-state index in [1.165, 1.54) is 12.1 Å². The van der Waals surface area contributed by atoms with Crippen LogP contribution in [0.1, 0.15) is 44.2 Å². The van der Waals surface area contributed by atoms with E-state index in [4.69, 9.17) is 5.11 Å². The second-order valence-corrected chi connectivity index (χ2v) is 9.14. The summed E-state index contributed by atoms with van der Waals surface area (Å²) in [4.78, 5) is 25.9. The van der Waals surface area contributed by atoms with Crippen molar-refractivity contribution in [3.05, 3.63) is 35.4 Å². The van der Waals surface area contributed by atoms with Crippen LogP contribution in [0.2, 0.25) is 0 Å². The molecular formula is C22H30F3N3O3. The lowest BCUT2D eigenvalue weighted by Crippen LogP contribution is -2.51. The minimum absolute atomic E-state index is 0.0470. The number of carbonyl (C=O) groups excluding carboxylic acids is 1. The van der Waals surface area contributed by atoms with Gasteiger partial charge in [-0.05, 0) is 48.6 Å². The van der Waals surface area contributed by atoms with Gasteiger partial charge in [-0.15, -0.1) is 0 Å². The van der Waals surface area contributed by atoms with Crippen molar-refractivity contribution in [1.29, 1.82) is 0 Å². The van der Waals surface area contributed by atoms with Gasteiger partial charge in [-0.2, -0.15) is 13.2 Å². The van der Waals surface area contributed by atoms with Crippen LogP contribution in [0.3, 0.4) is 0 Å². The van der Waals surface area contributed by atoms with Gasteiger partial charge >= 0.3 is 12.3 Å². The number of fused-ring (bicyclic) bond motifs is 1. The van der Waals surface area contributed by atoms with Gasteiger partial charge in [0.2, 0.25) is 5.91 Å². The Morgan fingerprint density at radius 1 is 1.23 bits per heavy atom. The van der Waals surface area contributed by atoms with E-state index in [-0.39, 0.29) is 23.8 Å². The van der Waals surface area contributed by atoms with Gasteiger partial charge in [0.05, 0.1) is 5.56 Å². The molecule has 4 atom stereocenters. The third kappa shape index (κ3) is 6.12. The molecule has 2 aliphatic rings. The van der Waals surface area contributed by atoms with Gasteiger partial charge in [0.15, 0.2) is 0 Å². The largest absolute Gasteiger partial charge is 0.465 e. The van der Waals surface area contributed by atoms with Crippen molar-refractivity contribution in [2.45, 2.75) is 57.9 Å². The number of likely N-dealkylation sites (tertiary alicyclic amines) is 1. The molecule has 0 unspecified atom stereocenters. The maximum Gasteiger partial charge on any atom is 0.416 e. The molecule has 0 aromatic heterocycles. The van der Waals surface area contributed by atoms with Crippen molar-refractivity contribution in [2.24, 2.45) is 17.8 Å². The molecule has 31 heavy (non-hydrogen) atoms. The van der Waals surface area contributed by atoms with Crippen LogP contribution < -0.4 is 10.6 Å². The number of halogens is 3. The first-order chi connectivity index (χ1) is 14.5. The number of nitrogens with zero attached hydrogens (tertiary/aromatic N) is 1. The number of hydrogen-bond donors (Lipinski definition) is 3. The van der Waals surface area contributed by atoms with E-state index in [1.807, 2.05) is 13.8 Å². The first-order valence-corrected chi connectivity index (χ1v) is 10.7. The molecule has 6 nitrogen and oxygen atoms in total. The van der Waals surface area contributed by atoms with Gasteiger partial charge in [0.25, 0.3) is 0 Å². The predicted molar refractivity (Wildman–Crippen MR) is 109 cm³/mol. The normalized spacial score (nSPS) is 24.8. The highest BCUT2D eigenvalue weighted by molar-refractivity contribution is 5.85. The Morgan fingerprint density at radius 3 is 2.61 bits per heavy atom. The zero-order chi connectivity index (χ0) is 22.8. The molecule has 0 bridgehead atoms. The minimum atomic E-state index is -4.36. The molecule has 2 amide bonds. The van der Waals surface area contributed by atoms with E-state index < -0.39 is 23.9 Å². The van der Waals surface area contributed by atoms with Crippen LogP contribution >= 0.6 is 0 Å². The van der Waals surface area contributed by atoms with Crippen LogP contribution in [0.4, 0.5) is 18.0 Å². The molecule has 1 saturated carbocycles. The Balaban J connectivity index is 1.59. The lowest BCUT2D eigenvalue weighted by atomic mass is 9.97. The third-order valence-electron chi connectivity index (χ3n) is 6.24. The van der Waals surface area contributed by atoms with E-state index in [1.54, 1.807) is 6.07 Å². The molecule has 1 aliphatic carbocycles. The standard InChI is InChI=1S/C22H30F3N3O3/c1-13(2)8-19(27-21(30)31)20(29)26-18-7-6-15-11-28(12-17(15)18)10-14-4-3-5-16(9-14)22(23,24)25/h3-5,9,13,15,17-19,27H,6-8,10-12H2,1-2H3,(H,26,29)(H,30,31)/t15-,17+,18+,19-/m0/s1. The quantitative estimate of drug-likeness (QED) is 0.603. The number of alkyl halides is 3. The molecule has 3 rings (SSSR count). The first-order valence-electron chi connectivity index (χ1n) is 10.7. The number of benzene rings is 1. The Morgan fingerprint density at radius 2 is 1.97 bits per heavy atom. The zero-order valence-corrected chi connectivity index (χ0v) is 17.8. The van der Waals surface area contributed by atoms with E-state index in [0.29, 0.717) is 31.0 Å². The summed E-state index contributed by atoms with van der Waals surface area (Å²) in [5.41, 5.74) is -0.0188. The lowest BCUT2D eigenvalue weighted by Gasteiger charge is -2.25. The van der Waals surface area contributed by atoms with Gasteiger partial charge in [0, 0.05) is 25.7 Å². The molecule has 172 valence electrons. The van der Waals surface area contributed by atoms with Gasteiger partial charge < -0.3 is 15.7 Å². The third-order valence-corrected chi connectivity index (χ3v) is 6.24. The van der Waals surface area contributed by atoms with Crippen LogP contribution in [0.5, 0.6) is 0 Å². The Kier molecular flexibility index (Phi) is 7.13. The molecule has 1 aromatic carbocycles. The van der Waals surface area contributed by atoms with Crippen molar-refractivity contribution >= 4 is 12.0 Å². The number of amides is 2. The second-order valence-electron chi connectivity index (χ2n) is 9.14. The maximum absolute atomic E-state index is 13.0. The fraction of sp³-hybridized carbons (Fsp3) is 0.636. The van der Waals surface area contributed by atoms with Crippen LogP contribution in [-0.4, -0.2) is 47.2 Å². The average molecular weight is 441 g/mol. The van der Waals surface area contributed by atoms with Crippen molar-refractivity contribution in [3.8, 4) is 0 Å². The van der Waals surface area contributed by atoms with Crippen LogP contribution in [0.25, 0.3) is 0 Å². The summed E-state index contributed by atoms with van der Waals surface area (Å²) in [6, 6.07) is 4.57. The number of carboxylic acid groups (broad SMARTS) is 1. The molecule has 1 saturated heterocycles. The summed E-state index contributed by atoms with van der Waals surface area (Å²) < 4.78 is 38.9. The van der Waals surface area contributed by atoms with Crippen LogP contribution in [0, 0.1) is 17.8 Å². The molecule has 1 aliphatic heterocycles. The van der Waals surface area contributed by atoms with E-state index in [0.717, 1.165) is 25.5 Å². The second kappa shape index (κ2) is 9.46. The summed E-state index contributed by atoms with van der Waals surface area (Å²) in [6.07, 6.45) is -3.39. The molecule has 3 N–H and O–H groups in total. The summed E-state index contributed by atoms with van der Waals surface area (Å²) in [7, 11) is 0. The summed E-state index contributed by atoms with van der Waals surface area (Å²) >= 11 is 0. The maximum atomic E-state index is 13.0. The fourth-order valence-electron chi connectivity index (χ4n) is 4.91. The van der Waals surface area contributed by atoms with Crippen molar-refractivity contribution < 1.29 is 27.9 Å². The van der Waals surface area contributed by atoms with Crippen molar-refractivity contribution in [3.63, 3.8) is 0 Å². The smallest absolute Gasteiger partial charge is 0.416 e. The Labute approximate surface area is 180 Å². The number of carbonyl (C=O) groups is 2. The zero-order valence-electron chi connectivity index (χ0n) is 17.8. The van der Waals surface area contributed by atoms with E-state index in [9.17, 15) is 22.8 Å². The van der Waals surface area contributed by atoms with Crippen LogP contribution in [-0.2, 0) is 17.5 Å². The summed E-state index contributed by atoms with van der Waals surface area (Å²) in [5.74, 6) is 0.456. The topological polar surface area (TPSA) is 81.7 Å². The Hall–Kier alpha value is -2.29. The van der Waals surface area contributed by atoms with Gasteiger partial charge in [-0.25, -0.2) is 4.79 Å². The fourth-order valence-corrected chi connectivity index (χ4v) is 4.91.